The average Bonchev–Trinajstić information content (AvgIpc) is 3.08. The van der Waals surface area contributed by atoms with E-state index in [0.29, 0.717) is 5.75 Å². The minimum absolute atomic E-state index is 0. The molecule has 7 heteroatoms. The van der Waals surface area contributed by atoms with Gasteiger partial charge in [-0.25, -0.2) is 0 Å². The van der Waals surface area contributed by atoms with Crippen LogP contribution in [0, 0.1) is 5.41 Å². The molecule has 5 rings (SSSR count). The molecule has 3 aliphatic heterocycles. The number of nitrogens with zero attached hydrogens (tertiary/aromatic N) is 3. The van der Waals surface area contributed by atoms with E-state index < -0.39 is 5.72 Å². The highest BCUT2D eigenvalue weighted by molar-refractivity contribution is 8.93. The molecule has 2 saturated heterocycles. The lowest BCUT2D eigenvalue weighted by atomic mass is 9.76. The third-order valence-corrected chi connectivity index (χ3v) is 7.68. The Bertz CT molecular complexity index is 859. The van der Waals surface area contributed by atoms with Crippen molar-refractivity contribution in [1.29, 1.82) is 0 Å². The van der Waals surface area contributed by atoms with Crippen molar-refractivity contribution in [3.63, 3.8) is 0 Å². The summed E-state index contributed by atoms with van der Waals surface area (Å²) in [6, 6.07) is 20.8. The summed E-state index contributed by atoms with van der Waals surface area (Å²) in [5.41, 5.74) is 1.62. The number of likely N-dealkylation sites (tertiary alicyclic amines) is 1. The number of aliphatic hydroxyl groups is 1. The van der Waals surface area contributed by atoms with Crippen LogP contribution in [0.2, 0.25) is 0 Å². The van der Waals surface area contributed by atoms with Crippen LogP contribution in [0.3, 0.4) is 0 Å². The van der Waals surface area contributed by atoms with Gasteiger partial charge in [0.05, 0.1) is 5.75 Å². The molecular weight excluding hydrogens is 526 g/mol. The zero-order valence-corrected chi connectivity index (χ0v) is 21.2. The molecule has 0 bridgehead atoms. The summed E-state index contributed by atoms with van der Waals surface area (Å²) in [5, 5.41) is 12.5. The van der Waals surface area contributed by atoms with Gasteiger partial charge in [0.25, 0.3) is 0 Å². The number of fused-ring (bicyclic) bond motifs is 1. The summed E-state index contributed by atoms with van der Waals surface area (Å²) in [4.78, 5) is 9.67. The number of hydrogen-bond donors (Lipinski definition) is 1. The molecule has 0 aromatic heterocycles. The highest BCUT2D eigenvalue weighted by Gasteiger charge is 2.51. The van der Waals surface area contributed by atoms with Crippen molar-refractivity contribution in [3.05, 3.63) is 71.8 Å². The Morgan fingerprint density at radius 2 is 1.57 bits per heavy atom. The fraction of sp³-hybridized carbons (Fsp3) is 0.435. The van der Waals surface area contributed by atoms with Crippen molar-refractivity contribution in [2.75, 3.05) is 31.9 Å². The first-order valence-corrected chi connectivity index (χ1v) is 11.1. The molecule has 3 heterocycles. The fourth-order valence-corrected chi connectivity index (χ4v) is 5.90. The molecule has 0 saturated carbocycles. The Morgan fingerprint density at radius 1 is 0.933 bits per heavy atom. The van der Waals surface area contributed by atoms with E-state index in [-0.39, 0.29) is 39.4 Å². The minimum atomic E-state index is -0.931. The zero-order chi connectivity index (χ0) is 19.0. The molecule has 0 aliphatic carbocycles. The van der Waals surface area contributed by atoms with Crippen molar-refractivity contribution < 1.29 is 5.11 Å². The van der Waals surface area contributed by atoms with Gasteiger partial charge in [-0.3, -0.25) is 9.89 Å². The molecule has 162 valence electrons. The van der Waals surface area contributed by atoms with E-state index in [0.717, 1.165) is 56.3 Å². The van der Waals surface area contributed by atoms with Gasteiger partial charge in [0.15, 0.2) is 10.9 Å². The van der Waals surface area contributed by atoms with Crippen LogP contribution in [0.25, 0.3) is 0 Å². The summed E-state index contributed by atoms with van der Waals surface area (Å²) in [5.74, 6) is 0.659. The van der Waals surface area contributed by atoms with Crippen molar-refractivity contribution in [1.82, 2.24) is 9.80 Å². The molecule has 1 atom stereocenters. The Labute approximate surface area is 204 Å². The van der Waals surface area contributed by atoms with Crippen LogP contribution in [-0.2, 0) is 12.3 Å². The minimum Gasteiger partial charge on any atom is -0.366 e. The van der Waals surface area contributed by atoms with Crippen LogP contribution in [-0.4, -0.2) is 52.0 Å². The maximum Gasteiger partial charge on any atom is 0.175 e. The second-order valence-corrected chi connectivity index (χ2v) is 9.36. The molecule has 0 radical (unpaired) electrons. The van der Waals surface area contributed by atoms with Crippen LogP contribution in [0.4, 0.5) is 0 Å². The van der Waals surface area contributed by atoms with Crippen LogP contribution in [0.15, 0.2) is 65.7 Å². The summed E-state index contributed by atoms with van der Waals surface area (Å²) in [7, 11) is 0. The van der Waals surface area contributed by atoms with Crippen molar-refractivity contribution >= 4 is 50.9 Å². The highest BCUT2D eigenvalue weighted by atomic mass is 79.9. The third-order valence-electron chi connectivity index (χ3n) is 6.53. The molecular formula is C23H29Br2N3OS. The summed E-state index contributed by atoms with van der Waals surface area (Å²) in [6.07, 6.45) is 2.28. The van der Waals surface area contributed by atoms with Gasteiger partial charge in [-0.1, -0.05) is 72.4 Å². The predicted molar refractivity (Wildman–Crippen MR) is 136 cm³/mol. The third kappa shape index (κ3) is 4.51. The number of hydrogen-bond acceptors (Lipinski definition) is 5. The zero-order valence-electron chi connectivity index (χ0n) is 16.9. The summed E-state index contributed by atoms with van der Waals surface area (Å²) < 4.78 is 0. The van der Waals surface area contributed by atoms with E-state index in [2.05, 4.69) is 40.1 Å². The molecule has 2 aromatic carbocycles. The Balaban J connectivity index is 0.00000128. The summed E-state index contributed by atoms with van der Waals surface area (Å²) >= 11 is 1.69. The van der Waals surface area contributed by atoms with Crippen molar-refractivity contribution in [2.24, 2.45) is 10.4 Å². The number of halogens is 2. The SMILES string of the molecule is Br.Br.OC1(c2ccccc2)CSC2=NCC3(CCN(Cc4ccccc4)CC3)CN21. The number of rotatable bonds is 3. The molecule has 0 amide bonds. The first kappa shape index (κ1) is 23.8. The molecule has 1 spiro atoms. The van der Waals surface area contributed by atoms with Gasteiger partial charge in [-0.05, 0) is 31.5 Å². The molecule has 2 aromatic rings. The first-order chi connectivity index (χ1) is 13.7. The lowest BCUT2D eigenvalue weighted by molar-refractivity contribution is -0.0755. The number of thioether (sulfide) groups is 1. The highest BCUT2D eigenvalue weighted by Crippen LogP contribution is 2.46. The van der Waals surface area contributed by atoms with Gasteiger partial charge in [0, 0.05) is 30.6 Å². The maximum absolute atomic E-state index is 11.5. The van der Waals surface area contributed by atoms with Gasteiger partial charge >= 0.3 is 0 Å². The normalized spacial score (nSPS) is 25.1. The molecule has 4 nitrogen and oxygen atoms in total. The van der Waals surface area contributed by atoms with Gasteiger partial charge in [-0.15, -0.1) is 34.0 Å². The molecule has 2 fully saturated rings. The van der Waals surface area contributed by atoms with E-state index in [1.807, 2.05) is 30.3 Å². The van der Waals surface area contributed by atoms with Crippen LogP contribution in [0.1, 0.15) is 24.0 Å². The van der Waals surface area contributed by atoms with E-state index >= 15 is 0 Å². The smallest absolute Gasteiger partial charge is 0.175 e. The van der Waals surface area contributed by atoms with Crippen molar-refractivity contribution in [3.8, 4) is 0 Å². The standard InChI is InChI=1S/C23H27N3OS.2BrH/c27-23(20-9-5-2-6-10-20)18-28-21-24-16-22(17-26(21)23)11-13-25(14-12-22)15-19-7-3-1-4-8-19;;/h1-10,27H,11-18H2;2*1H. The Kier molecular flexibility index (Phi) is 7.72. The van der Waals surface area contributed by atoms with E-state index in [1.165, 1.54) is 5.56 Å². The summed E-state index contributed by atoms with van der Waals surface area (Å²) in [6.45, 7) is 5.03. The monoisotopic (exact) mass is 553 g/mol. The largest absolute Gasteiger partial charge is 0.366 e. The maximum atomic E-state index is 11.5. The fourth-order valence-electron chi connectivity index (χ4n) is 4.72. The van der Waals surface area contributed by atoms with E-state index in [4.69, 9.17) is 4.99 Å². The van der Waals surface area contributed by atoms with Gasteiger partial charge < -0.3 is 10.0 Å². The number of piperidine rings is 1. The topological polar surface area (TPSA) is 39.1 Å². The first-order valence-electron chi connectivity index (χ1n) is 10.2. The number of aliphatic imine (C=N–C) groups is 1. The van der Waals surface area contributed by atoms with Crippen molar-refractivity contribution in [2.45, 2.75) is 25.1 Å². The van der Waals surface area contributed by atoms with Gasteiger partial charge in [0.2, 0.25) is 0 Å². The average molecular weight is 555 g/mol. The molecule has 30 heavy (non-hydrogen) atoms. The van der Waals surface area contributed by atoms with Crippen LogP contribution < -0.4 is 0 Å². The second-order valence-electron chi connectivity index (χ2n) is 8.42. The lowest BCUT2D eigenvalue weighted by Gasteiger charge is -2.48. The van der Waals surface area contributed by atoms with E-state index in [9.17, 15) is 5.11 Å². The molecule has 3 aliphatic rings. The Hall–Kier alpha value is -0.860. The number of benzene rings is 2. The van der Waals surface area contributed by atoms with E-state index in [1.54, 1.807) is 11.8 Å². The number of amidine groups is 1. The Morgan fingerprint density at radius 3 is 2.23 bits per heavy atom. The van der Waals surface area contributed by atoms with Gasteiger partial charge in [0.1, 0.15) is 0 Å². The van der Waals surface area contributed by atoms with Crippen LogP contribution in [0.5, 0.6) is 0 Å². The predicted octanol–water partition coefficient (Wildman–Crippen LogP) is 4.69. The lowest BCUT2D eigenvalue weighted by Crippen LogP contribution is -2.56. The molecule has 1 N–H and O–H groups in total. The van der Waals surface area contributed by atoms with Crippen LogP contribution >= 0.6 is 45.7 Å². The molecule has 1 unspecified atom stereocenters. The second kappa shape index (κ2) is 9.74. The van der Waals surface area contributed by atoms with Gasteiger partial charge in [-0.2, -0.15) is 0 Å². The quantitative estimate of drug-likeness (QED) is 0.597.